The highest BCUT2D eigenvalue weighted by Crippen LogP contribution is 2.45. The number of nitrogens with zero attached hydrogens (tertiary/aromatic N) is 1. The molecule has 0 aromatic heterocycles. The van der Waals surface area contributed by atoms with Crippen molar-refractivity contribution >= 4 is 17.6 Å². The minimum atomic E-state index is -0.437. The molecule has 0 spiro atoms. The van der Waals surface area contributed by atoms with E-state index in [1.807, 2.05) is 36.4 Å². The third-order valence-electron chi connectivity index (χ3n) is 4.94. The molecule has 2 aromatic rings. The van der Waals surface area contributed by atoms with E-state index in [0.29, 0.717) is 22.8 Å². The summed E-state index contributed by atoms with van der Waals surface area (Å²) in [6.07, 6.45) is 0.145. The van der Waals surface area contributed by atoms with Gasteiger partial charge in [-0.3, -0.25) is 9.69 Å². The number of ether oxygens (including phenoxy) is 3. The quantitative estimate of drug-likeness (QED) is 0.779. The van der Waals surface area contributed by atoms with E-state index in [1.54, 1.807) is 31.3 Å². The van der Waals surface area contributed by atoms with Crippen molar-refractivity contribution in [3.05, 3.63) is 65.4 Å². The molecule has 2 heterocycles. The second-order valence-electron chi connectivity index (χ2n) is 6.37. The van der Waals surface area contributed by atoms with E-state index in [1.165, 1.54) is 0 Å². The Morgan fingerprint density at radius 2 is 1.81 bits per heavy atom. The van der Waals surface area contributed by atoms with E-state index in [4.69, 9.17) is 14.2 Å². The van der Waals surface area contributed by atoms with Gasteiger partial charge < -0.3 is 14.2 Å². The smallest absolute Gasteiger partial charge is 0.336 e. The fraction of sp³-hybridized carbons (Fsp3) is 0.238. The maximum Gasteiger partial charge on any atom is 0.336 e. The van der Waals surface area contributed by atoms with Gasteiger partial charge >= 0.3 is 5.97 Å². The number of hydrogen-bond acceptors (Lipinski definition) is 5. The van der Waals surface area contributed by atoms with E-state index >= 15 is 0 Å². The van der Waals surface area contributed by atoms with Gasteiger partial charge in [0.2, 0.25) is 5.91 Å². The van der Waals surface area contributed by atoms with E-state index in [9.17, 15) is 9.59 Å². The third-order valence-corrected chi connectivity index (χ3v) is 4.94. The zero-order valence-corrected chi connectivity index (χ0v) is 15.1. The third kappa shape index (κ3) is 2.83. The minimum Gasteiger partial charge on any atom is -0.497 e. The van der Waals surface area contributed by atoms with Crippen LogP contribution in [-0.2, 0) is 14.3 Å². The van der Waals surface area contributed by atoms with Crippen molar-refractivity contribution in [3.8, 4) is 11.5 Å². The average Bonchev–Trinajstić information content (AvgIpc) is 3.09. The molecular formula is C21H19NO5. The summed E-state index contributed by atoms with van der Waals surface area (Å²) < 4.78 is 16.1. The summed E-state index contributed by atoms with van der Waals surface area (Å²) in [4.78, 5) is 27.2. The first-order valence-corrected chi connectivity index (χ1v) is 8.64. The predicted octanol–water partition coefficient (Wildman–Crippen LogP) is 3.04. The van der Waals surface area contributed by atoms with E-state index in [2.05, 4.69) is 0 Å². The molecule has 2 aromatic carbocycles. The van der Waals surface area contributed by atoms with Gasteiger partial charge in [-0.2, -0.15) is 0 Å². The average molecular weight is 365 g/mol. The van der Waals surface area contributed by atoms with Gasteiger partial charge in [-0.25, -0.2) is 4.79 Å². The Morgan fingerprint density at radius 3 is 2.52 bits per heavy atom. The van der Waals surface area contributed by atoms with E-state index in [0.717, 1.165) is 11.3 Å². The van der Waals surface area contributed by atoms with Crippen LogP contribution in [0.25, 0.3) is 0 Å². The van der Waals surface area contributed by atoms with Crippen LogP contribution in [0, 0.1) is 0 Å². The van der Waals surface area contributed by atoms with E-state index in [-0.39, 0.29) is 18.9 Å². The Bertz CT molecular complexity index is 935. The maximum absolute atomic E-state index is 13.0. The van der Waals surface area contributed by atoms with Gasteiger partial charge in [0.05, 0.1) is 25.5 Å². The van der Waals surface area contributed by atoms with Crippen molar-refractivity contribution in [1.82, 2.24) is 0 Å². The van der Waals surface area contributed by atoms with Gasteiger partial charge in [-0.1, -0.05) is 18.2 Å². The van der Waals surface area contributed by atoms with Crippen LogP contribution in [-0.4, -0.2) is 32.7 Å². The summed E-state index contributed by atoms with van der Waals surface area (Å²) in [5.74, 6) is 0.319. The summed E-state index contributed by atoms with van der Waals surface area (Å²) >= 11 is 0. The van der Waals surface area contributed by atoms with Gasteiger partial charge in [-0.05, 0) is 30.3 Å². The van der Waals surface area contributed by atoms with Crippen molar-refractivity contribution < 1.29 is 23.8 Å². The van der Waals surface area contributed by atoms with Crippen molar-refractivity contribution in [2.24, 2.45) is 0 Å². The molecule has 0 saturated carbocycles. The summed E-state index contributed by atoms with van der Waals surface area (Å²) in [6.45, 7) is 0.0809. The van der Waals surface area contributed by atoms with Gasteiger partial charge in [0.1, 0.15) is 18.1 Å². The molecule has 6 nitrogen and oxygen atoms in total. The molecule has 27 heavy (non-hydrogen) atoms. The largest absolute Gasteiger partial charge is 0.497 e. The molecule has 4 rings (SSSR count). The molecule has 0 radical (unpaired) electrons. The lowest BCUT2D eigenvalue weighted by Gasteiger charge is -2.32. The van der Waals surface area contributed by atoms with Crippen molar-refractivity contribution in [2.75, 3.05) is 25.7 Å². The Kier molecular flexibility index (Phi) is 4.32. The van der Waals surface area contributed by atoms with Crippen molar-refractivity contribution in [1.29, 1.82) is 0 Å². The summed E-state index contributed by atoms with van der Waals surface area (Å²) in [5.41, 5.74) is 2.57. The molecule has 2 aliphatic rings. The van der Waals surface area contributed by atoms with Gasteiger partial charge in [-0.15, -0.1) is 0 Å². The minimum absolute atomic E-state index is 0.0809. The van der Waals surface area contributed by atoms with Crippen LogP contribution in [0.5, 0.6) is 11.5 Å². The molecule has 0 bridgehead atoms. The fourth-order valence-electron chi connectivity index (χ4n) is 3.71. The van der Waals surface area contributed by atoms with Crippen molar-refractivity contribution in [2.45, 2.75) is 12.3 Å². The standard InChI is InChI=1S/C21H19NO5/c1-25-14-8-9-18(26-2)15(10-14)16-11-19(23)22(13-6-4-3-5-7-13)17-12-27-21(24)20(16)17/h3-10,16H,11-12H2,1-2H3/t16-/m1/s1. The second kappa shape index (κ2) is 6.79. The van der Waals surface area contributed by atoms with Crippen molar-refractivity contribution in [3.63, 3.8) is 0 Å². The molecule has 1 amide bonds. The number of anilines is 1. The summed E-state index contributed by atoms with van der Waals surface area (Å²) in [5, 5.41) is 0. The normalized spacial score (nSPS) is 19.0. The Morgan fingerprint density at radius 1 is 1.04 bits per heavy atom. The fourth-order valence-corrected chi connectivity index (χ4v) is 3.71. The predicted molar refractivity (Wildman–Crippen MR) is 98.8 cm³/mol. The zero-order valence-electron chi connectivity index (χ0n) is 15.1. The molecule has 2 aliphatic heterocycles. The Hall–Kier alpha value is -3.28. The Labute approximate surface area is 156 Å². The topological polar surface area (TPSA) is 65.1 Å². The second-order valence-corrected chi connectivity index (χ2v) is 6.37. The summed E-state index contributed by atoms with van der Waals surface area (Å²) in [7, 11) is 3.14. The van der Waals surface area contributed by atoms with Crippen LogP contribution in [0.3, 0.4) is 0 Å². The number of benzene rings is 2. The molecule has 0 unspecified atom stereocenters. The molecule has 0 N–H and O–H groups in total. The van der Waals surface area contributed by atoms with Crippen LogP contribution in [0.2, 0.25) is 0 Å². The molecule has 0 saturated heterocycles. The first kappa shape index (κ1) is 17.1. The van der Waals surface area contributed by atoms with Crippen LogP contribution in [0.15, 0.2) is 59.8 Å². The lowest BCUT2D eigenvalue weighted by Crippen LogP contribution is -2.37. The highest BCUT2D eigenvalue weighted by atomic mass is 16.5. The first-order valence-electron chi connectivity index (χ1n) is 8.64. The number of para-hydroxylation sites is 1. The molecule has 1 atom stereocenters. The number of rotatable bonds is 4. The molecule has 6 heteroatoms. The molecular weight excluding hydrogens is 346 g/mol. The number of esters is 1. The highest BCUT2D eigenvalue weighted by Gasteiger charge is 2.43. The number of carbonyl (C=O) groups is 2. The molecule has 0 aliphatic carbocycles. The Balaban J connectivity index is 1.86. The SMILES string of the molecule is COc1ccc(OC)c([C@H]2CC(=O)N(c3ccccc3)C3=C2C(=O)OC3)c1. The number of cyclic esters (lactones) is 1. The van der Waals surface area contributed by atoms with Crippen LogP contribution in [0.4, 0.5) is 5.69 Å². The van der Waals surface area contributed by atoms with Crippen LogP contribution in [0.1, 0.15) is 17.9 Å². The monoisotopic (exact) mass is 365 g/mol. The highest BCUT2D eigenvalue weighted by molar-refractivity contribution is 6.06. The maximum atomic E-state index is 13.0. The summed E-state index contributed by atoms with van der Waals surface area (Å²) in [6, 6.07) is 14.7. The molecule has 138 valence electrons. The lowest BCUT2D eigenvalue weighted by atomic mass is 9.83. The van der Waals surface area contributed by atoms with Crippen LogP contribution >= 0.6 is 0 Å². The van der Waals surface area contributed by atoms with Gasteiger partial charge in [0.15, 0.2) is 0 Å². The lowest BCUT2D eigenvalue weighted by molar-refractivity contribution is -0.136. The molecule has 0 fully saturated rings. The number of carbonyl (C=O) groups excluding carboxylic acids is 2. The zero-order chi connectivity index (χ0) is 19.0. The first-order chi connectivity index (χ1) is 13.1. The number of hydrogen-bond donors (Lipinski definition) is 0. The van der Waals surface area contributed by atoms with Crippen LogP contribution < -0.4 is 14.4 Å². The van der Waals surface area contributed by atoms with E-state index < -0.39 is 11.9 Å². The van der Waals surface area contributed by atoms with Gasteiger partial charge in [0, 0.05) is 23.6 Å². The number of methoxy groups -OCH3 is 2. The number of amides is 1. The van der Waals surface area contributed by atoms with Gasteiger partial charge in [0.25, 0.3) is 0 Å².